The van der Waals surface area contributed by atoms with Crippen molar-refractivity contribution >= 4 is 11.0 Å². The Morgan fingerprint density at radius 3 is 2.26 bits per heavy atom. The molecular formula is C25H26N2. The van der Waals surface area contributed by atoms with Crippen molar-refractivity contribution in [3.63, 3.8) is 0 Å². The van der Waals surface area contributed by atoms with Crippen molar-refractivity contribution in [1.29, 1.82) is 0 Å². The Labute approximate surface area is 161 Å². The molecule has 0 radical (unpaired) electrons. The summed E-state index contributed by atoms with van der Waals surface area (Å²) in [5, 5.41) is 0. The average molecular weight is 354 g/mol. The van der Waals surface area contributed by atoms with Crippen LogP contribution in [0.25, 0.3) is 11.0 Å². The maximum atomic E-state index is 4.93. The number of fused-ring (bicyclic) bond motifs is 1. The van der Waals surface area contributed by atoms with Gasteiger partial charge in [-0.05, 0) is 41.2 Å². The van der Waals surface area contributed by atoms with Gasteiger partial charge < -0.3 is 4.57 Å². The Hall–Kier alpha value is -2.87. The van der Waals surface area contributed by atoms with E-state index in [1.165, 1.54) is 28.6 Å². The van der Waals surface area contributed by atoms with E-state index in [0.29, 0.717) is 5.92 Å². The van der Waals surface area contributed by atoms with Crippen molar-refractivity contribution in [3.05, 3.63) is 101 Å². The summed E-state index contributed by atoms with van der Waals surface area (Å²) in [6.45, 7) is 5.38. The van der Waals surface area contributed by atoms with E-state index >= 15 is 0 Å². The first-order chi connectivity index (χ1) is 13.2. The van der Waals surface area contributed by atoms with Crippen LogP contribution in [-0.2, 0) is 13.0 Å². The van der Waals surface area contributed by atoms with Gasteiger partial charge >= 0.3 is 0 Å². The Balaban J connectivity index is 1.68. The molecule has 0 bridgehead atoms. The van der Waals surface area contributed by atoms with Gasteiger partial charge in [-0.1, -0.05) is 80.6 Å². The lowest BCUT2D eigenvalue weighted by Crippen LogP contribution is -2.06. The van der Waals surface area contributed by atoms with Crippen molar-refractivity contribution in [2.45, 2.75) is 39.2 Å². The molecule has 1 aromatic heterocycles. The molecule has 0 amide bonds. The van der Waals surface area contributed by atoms with Gasteiger partial charge in [0, 0.05) is 13.0 Å². The van der Waals surface area contributed by atoms with E-state index in [4.69, 9.17) is 4.98 Å². The smallest absolute Gasteiger partial charge is 0.114 e. The second-order valence-electron chi connectivity index (χ2n) is 7.32. The van der Waals surface area contributed by atoms with Gasteiger partial charge in [0.2, 0.25) is 0 Å². The molecule has 0 saturated heterocycles. The van der Waals surface area contributed by atoms with E-state index < -0.39 is 0 Å². The molecule has 2 nitrogen and oxygen atoms in total. The first-order valence-corrected chi connectivity index (χ1v) is 9.81. The summed E-state index contributed by atoms with van der Waals surface area (Å²) in [6, 6.07) is 28.1. The van der Waals surface area contributed by atoms with Gasteiger partial charge in [-0.15, -0.1) is 0 Å². The fourth-order valence-corrected chi connectivity index (χ4v) is 3.59. The van der Waals surface area contributed by atoms with Crippen LogP contribution in [0.3, 0.4) is 0 Å². The number of benzene rings is 3. The molecule has 4 aromatic rings. The Kier molecular flexibility index (Phi) is 5.06. The van der Waals surface area contributed by atoms with E-state index in [0.717, 1.165) is 24.3 Å². The molecule has 0 spiro atoms. The first kappa shape index (κ1) is 17.5. The molecule has 3 aromatic carbocycles. The van der Waals surface area contributed by atoms with Gasteiger partial charge in [0.05, 0.1) is 11.0 Å². The van der Waals surface area contributed by atoms with Gasteiger partial charge in [0.25, 0.3) is 0 Å². The van der Waals surface area contributed by atoms with E-state index in [-0.39, 0.29) is 0 Å². The average Bonchev–Trinajstić information content (AvgIpc) is 3.06. The maximum Gasteiger partial charge on any atom is 0.114 e. The lowest BCUT2D eigenvalue weighted by atomic mass is 9.97. The summed E-state index contributed by atoms with van der Waals surface area (Å²) in [5.74, 6) is 1.73. The van der Waals surface area contributed by atoms with Crippen molar-refractivity contribution in [3.8, 4) is 0 Å². The number of nitrogens with zero attached hydrogens (tertiary/aromatic N) is 2. The highest BCUT2D eigenvalue weighted by Gasteiger charge is 2.12. The zero-order valence-electron chi connectivity index (χ0n) is 16.1. The minimum atomic E-state index is 0.613. The second kappa shape index (κ2) is 7.79. The molecule has 2 heteroatoms. The largest absolute Gasteiger partial charge is 0.323 e. The lowest BCUT2D eigenvalue weighted by Gasteiger charge is -2.12. The summed E-state index contributed by atoms with van der Waals surface area (Å²) in [5.41, 5.74) is 6.30. The van der Waals surface area contributed by atoms with Crippen molar-refractivity contribution in [2.24, 2.45) is 0 Å². The highest BCUT2D eigenvalue weighted by Crippen LogP contribution is 2.22. The molecule has 0 aliphatic carbocycles. The van der Waals surface area contributed by atoms with Crippen molar-refractivity contribution in [1.82, 2.24) is 9.55 Å². The fraction of sp³-hybridized carbons (Fsp3) is 0.240. The summed E-state index contributed by atoms with van der Waals surface area (Å²) >= 11 is 0. The number of hydrogen-bond donors (Lipinski definition) is 0. The topological polar surface area (TPSA) is 17.8 Å². The SMILES string of the molecule is CCC(C)c1ccc(Cn2c(Cc3ccccc3)nc3ccccc32)cc1. The first-order valence-electron chi connectivity index (χ1n) is 9.81. The molecule has 1 heterocycles. The molecule has 27 heavy (non-hydrogen) atoms. The minimum absolute atomic E-state index is 0.613. The molecule has 136 valence electrons. The van der Waals surface area contributed by atoms with Gasteiger partial charge in [0.15, 0.2) is 0 Å². The number of imidazole rings is 1. The van der Waals surface area contributed by atoms with Crippen molar-refractivity contribution in [2.75, 3.05) is 0 Å². The Morgan fingerprint density at radius 1 is 0.815 bits per heavy atom. The van der Waals surface area contributed by atoms with E-state index in [2.05, 4.69) is 97.3 Å². The predicted molar refractivity (Wildman–Crippen MR) is 113 cm³/mol. The standard InChI is InChI=1S/C25H26N2/c1-3-19(2)22-15-13-21(14-16-22)18-27-24-12-8-7-11-23(24)26-25(27)17-20-9-5-4-6-10-20/h4-16,19H,3,17-18H2,1-2H3. The summed E-state index contributed by atoms with van der Waals surface area (Å²) in [7, 11) is 0. The molecule has 0 N–H and O–H groups in total. The third-order valence-corrected chi connectivity index (χ3v) is 5.44. The molecule has 1 atom stereocenters. The zero-order chi connectivity index (χ0) is 18.6. The predicted octanol–water partition coefficient (Wildman–Crippen LogP) is 6.19. The Bertz CT molecular complexity index is 1010. The quantitative estimate of drug-likeness (QED) is 0.404. The normalized spacial score (nSPS) is 12.4. The van der Waals surface area contributed by atoms with Crippen LogP contribution in [0.2, 0.25) is 0 Å². The van der Waals surface area contributed by atoms with Crippen LogP contribution in [0.4, 0.5) is 0 Å². The van der Waals surface area contributed by atoms with E-state index in [1.807, 2.05) is 0 Å². The molecule has 0 fully saturated rings. The van der Waals surface area contributed by atoms with E-state index in [9.17, 15) is 0 Å². The third-order valence-electron chi connectivity index (χ3n) is 5.44. The molecule has 0 aliphatic rings. The van der Waals surface area contributed by atoms with Gasteiger partial charge in [0.1, 0.15) is 5.82 Å². The van der Waals surface area contributed by atoms with Crippen LogP contribution in [0, 0.1) is 0 Å². The number of hydrogen-bond acceptors (Lipinski definition) is 1. The molecular weight excluding hydrogens is 328 g/mol. The second-order valence-corrected chi connectivity index (χ2v) is 7.32. The van der Waals surface area contributed by atoms with Crippen LogP contribution in [0.15, 0.2) is 78.9 Å². The fourth-order valence-electron chi connectivity index (χ4n) is 3.59. The summed E-state index contributed by atoms with van der Waals surface area (Å²) in [4.78, 5) is 4.93. The van der Waals surface area contributed by atoms with Gasteiger partial charge in [-0.2, -0.15) is 0 Å². The van der Waals surface area contributed by atoms with Crippen LogP contribution >= 0.6 is 0 Å². The molecule has 0 saturated carbocycles. The molecule has 1 unspecified atom stereocenters. The van der Waals surface area contributed by atoms with Crippen molar-refractivity contribution < 1.29 is 0 Å². The van der Waals surface area contributed by atoms with Crippen LogP contribution < -0.4 is 0 Å². The third kappa shape index (κ3) is 3.80. The highest BCUT2D eigenvalue weighted by molar-refractivity contribution is 5.76. The van der Waals surface area contributed by atoms with E-state index in [1.54, 1.807) is 0 Å². The number of para-hydroxylation sites is 2. The van der Waals surface area contributed by atoms with Gasteiger partial charge in [-0.25, -0.2) is 4.98 Å². The monoisotopic (exact) mass is 354 g/mol. The zero-order valence-corrected chi connectivity index (χ0v) is 16.1. The summed E-state index contributed by atoms with van der Waals surface area (Å²) < 4.78 is 2.36. The maximum absolute atomic E-state index is 4.93. The van der Waals surface area contributed by atoms with Crippen LogP contribution in [0.1, 0.15) is 48.7 Å². The van der Waals surface area contributed by atoms with Gasteiger partial charge in [-0.3, -0.25) is 0 Å². The Morgan fingerprint density at radius 2 is 1.52 bits per heavy atom. The lowest BCUT2D eigenvalue weighted by molar-refractivity contribution is 0.729. The minimum Gasteiger partial charge on any atom is -0.323 e. The number of rotatable bonds is 6. The summed E-state index contributed by atoms with van der Waals surface area (Å²) in [6.07, 6.45) is 2.02. The highest BCUT2D eigenvalue weighted by atomic mass is 15.1. The molecule has 4 rings (SSSR count). The van der Waals surface area contributed by atoms with Crippen LogP contribution in [0.5, 0.6) is 0 Å². The van der Waals surface area contributed by atoms with Crippen LogP contribution in [-0.4, -0.2) is 9.55 Å². The number of aromatic nitrogens is 2. The molecule has 0 aliphatic heterocycles.